The molecule has 0 bridgehead atoms. The van der Waals surface area contributed by atoms with Crippen molar-refractivity contribution in [1.82, 2.24) is 0 Å². The van der Waals surface area contributed by atoms with Crippen LogP contribution in [0.4, 0.5) is 0 Å². The molecule has 4 heteroatoms. The van der Waals surface area contributed by atoms with Gasteiger partial charge in [-0.05, 0) is 40.8 Å². The number of aliphatic imine (C=N–C) groups is 1. The highest BCUT2D eigenvalue weighted by Gasteiger charge is 2.25. The van der Waals surface area contributed by atoms with Crippen LogP contribution in [0.5, 0.6) is 5.75 Å². The lowest BCUT2D eigenvalue weighted by molar-refractivity contribution is -0.129. The molecule has 1 aliphatic heterocycles. The van der Waals surface area contributed by atoms with E-state index >= 15 is 0 Å². The van der Waals surface area contributed by atoms with Crippen molar-refractivity contribution in [2.75, 3.05) is 0 Å². The highest BCUT2D eigenvalue weighted by Crippen LogP contribution is 2.27. The van der Waals surface area contributed by atoms with Gasteiger partial charge in [0, 0.05) is 11.1 Å². The number of cyclic esters (lactones) is 1. The fraction of sp³-hybridized carbons (Fsp3) is 0.185. The van der Waals surface area contributed by atoms with Gasteiger partial charge in [0.15, 0.2) is 5.70 Å². The van der Waals surface area contributed by atoms with Gasteiger partial charge in [0.05, 0.1) is 0 Å². The summed E-state index contributed by atoms with van der Waals surface area (Å²) >= 11 is 0. The minimum Gasteiger partial charge on any atom is -0.488 e. The Morgan fingerprint density at radius 1 is 0.903 bits per heavy atom. The predicted molar refractivity (Wildman–Crippen MR) is 123 cm³/mol. The van der Waals surface area contributed by atoms with Crippen LogP contribution in [-0.2, 0) is 21.6 Å². The normalized spacial score (nSPS) is 15.0. The first-order valence-corrected chi connectivity index (χ1v) is 10.3. The summed E-state index contributed by atoms with van der Waals surface area (Å²) < 4.78 is 11.4. The van der Waals surface area contributed by atoms with E-state index in [1.54, 1.807) is 6.08 Å². The molecule has 3 aromatic rings. The summed E-state index contributed by atoms with van der Waals surface area (Å²) in [5, 5.41) is 0. The first-order chi connectivity index (χ1) is 14.9. The van der Waals surface area contributed by atoms with Crippen molar-refractivity contribution in [2.45, 2.75) is 32.8 Å². The lowest BCUT2D eigenvalue weighted by Gasteiger charge is -2.18. The largest absolute Gasteiger partial charge is 0.488 e. The maximum atomic E-state index is 12.4. The second-order valence-electron chi connectivity index (χ2n) is 8.48. The van der Waals surface area contributed by atoms with Gasteiger partial charge in [0.1, 0.15) is 12.4 Å². The molecular weight excluding hydrogens is 386 g/mol. The van der Waals surface area contributed by atoms with Crippen LogP contribution in [0, 0.1) is 0 Å². The first kappa shape index (κ1) is 20.6. The second kappa shape index (κ2) is 8.60. The monoisotopic (exact) mass is 411 g/mol. The second-order valence-corrected chi connectivity index (χ2v) is 8.48. The fourth-order valence-electron chi connectivity index (χ4n) is 3.26. The van der Waals surface area contributed by atoms with E-state index in [9.17, 15) is 4.79 Å². The molecule has 0 aliphatic carbocycles. The van der Waals surface area contributed by atoms with Gasteiger partial charge in [0.25, 0.3) is 0 Å². The number of hydrogen-bond donors (Lipinski definition) is 0. The van der Waals surface area contributed by atoms with Crippen molar-refractivity contribution >= 4 is 17.9 Å². The third kappa shape index (κ3) is 4.92. The molecule has 4 nitrogen and oxygen atoms in total. The van der Waals surface area contributed by atoms with E-state index in [-0.39, 0.29) is 11.1 Å². The van der Waals surface area contributed by atoms with Gasteiger partial charge < -0.3 is 9.47 Å². The van der Waals surface area contributed by atoms with Crippen molar-refractivity contribution < 1.29 is 14.3 Å². The molecule has 0 atom stereocenters. The third-order valence-electron chi connectivity index (χ3n) is 5.07. The van der Waals surface area contributed by atoms with Gasteiger partial charge in [-0.25, -0.2) is 9.79 Å². The third-order valence-corrected chi connectivity index (χ3v) is 5.07. The van der Waals surface area contributed by atoms with Crippen LogP contribution in [0.25, 0.3) is 6.08 Å². The molecule has 0 amide bonds. The highest BCUT2D eigenvalue weighted by molar-refractivity contribution is 6.13. The summed E-state index contributed by atoms with van der Waals surface area (Å²) in [5.41, 5.74) is 4.15. The zero-order valence-electron chi connectivity index (χ0n) is 18.0. The van der Waals surface area contributed by atoms with Gasteiger partial charge in [-0.3, -0.25) is 0 Å². The minimum atomic E-state index is -0.465. The molecule has 3 aromatic carbocycles. The molecule has 1 heterocycles. The van der Waals surface area contributed by atoms with Crippen molar-refractivity contribution in [2.24, 2.45) is 4.99 Å². The molecule has 0 fully saturated rings. The van der Waals surface area contributed by atoms with Gasteiger partial charge in [-0.2, -0.15) is 0 Å². The Kier molecular flexibility index (Phi) is 5.72. The zero-order chi connectivity index (χ0) is 21.8. The summed E-state index contributed by atoms with van der Waals surface area (Å²) in [6.07, 6.45) is 1.71. The number of rotatable bonds is 5. The first-order valence-electron chi connectivity index (χ1n) is 10.3. The Labute approximate surface area is 182 Å². The topological polar surface area (TPSA) is 47.9 Å². The molecule has 0 saturated heterocycles. The lowest BCUT2D eigenvalue weighted by atomic mass is 9.87. The lowest BCUT2D eigenvalue weighted by Crippen LogP contribution is -2.11. The van der Waals surface area contributed by atoms with Crippen molar-refractivity contribution in [3.63, 3.8) is 0 Å². The van der Waals surface area contributed by atoms with Gasteiger partial charge in [-0.15, -0.1) is 0 Å². The Balaban J connectivity index is 1.56. The van der Waals surface area contributed by atoms with Crippen LogP contribution in [0.1, 0.15) is 43.0 Å². The quantitative estimate of drug-likeness (QED) is 0.387. The molecule has 4 rings (SSSR count). The van der Waals surface area contributed by atoms with E-state index in [4.69, 9.17) is 9.47 Å². The van der Waals surface area contributed by atoms with Crippen LogP contribution >= 0.6 is 0 Å². The number of hydrogen-bond acceptors (Lipinski definition) is 4. The van der Waals surface area contributed by atoms with E-state index < -0.39 is 5.97 Å². The molecule has 31 heavy (non-hydrogen) atoms. The molecule has 1 aliphatic rings. The maximum absolute atomic E-state index is 12.4. The molecular formula is C27H25NO3. The van der Waals surface area contributed by atoms with E-state index in [1.165, 1.54) is 5.56 Å². The van der Waals surface area contributed by atoms with E-state index in [0.29, 0.717) is 18.3 Å². The number of benzene rings is 3. The van der Waals surface area contributed by atoms with Gasteiger partial charge in [0.2, 0.25) is 5.90 Å². The maximum Gasteiger partial charge on any atom is 0.363 e. The average molecular weight is 412 g/mol. The van der Waals surface area contributed by atoms with E-state index in [1.807, 2.05) is 78.9 Å². The van der Waals surface area contributed by atoms with Gasteiger partial charge >= 0.3 is 5.97 Å². The number of para-hydroxylation sites is 1. The van der Waals surface area contributed by atoms with E-state index in [0.717, 1.165) is 16.7 Å². The number of ether oxygens (including phenoxy) is 2. The molecule has 156 valence electrons. The Bertz CT molecular complexity index is 1140. The van der Waals surface area contributed by atoms with Crippen LogP contribution in [0.3, 0.4) is 0 Å². The summed E-state index contributed by atoms with van der Waals surface area (Å²) in [6.45, 7) is 6.92. The predicted octanol–water partition coefficient (Wildman–Crippen LogP) is 5.91. The van der Waals surface area contributed by atoms with Crippen LogP contribution in [0.2, 0.25) is 0 Å². The molecule has 0 N–H and O–H groups in total. The summed E-state index contributed by atoms with van der Waals surface area (Å²) in [4.78, 5) is 16.9. The van der Waals surface area contributed by atoms with E-state index in [2.05, 4.69) is 25.8 Å². The van der Waals surface area contributed by atoms with Crippen LogP contribution < -0.4 is 4.74 Å². The summed E-state index contributed by atoms with van der Waals surface area (Å²) in [7, 11) is 0. The average Bonchev–Trinajstić information content (AvgIpc) is 3.13. The number of carbonyl (C=O) groups is 1. The van der Waals surface area contributed by atoms with Crippen molar-refractivity contribution in [3.05, 3.63) is 107 Å². The fourth-order valence-corrected chi connectivity index (χ4v) is 3.26. The summed E-state index contributed by atoms with van der Waals surface area (Å²) in [6, 6.07) is 25.5. The number of carbonyl (C=O) groups excluding carboxylic acids is 1. The molecule has 0 radical (unpaired) electrons. The smallest absolute Gasteiger partial charge is 0.363 e. The SMILES string of the molecule is CC(C)(C)c1ccc(C2=N/C(=C/c3ccccc3OCc3ccccc3)C(=O)O2)cc1. The number of nitrogens with zero attached hydrogens (tertiary/aromatic N) is 1. The minimum absolute atomic E-state index is 0.0568. The Morgan fingerprint density at radius 3 is 2.29 bits per heavy atom. The summed E-state index contributed by atoms with van der Waals surface area (Å²) in [5.74, 6) is 0.539. The molecule has 0 saturated carbocycles. The molecule has 0 unspecified atom stereocenters. The Morgan fingerprint density at radius 2 is 1.58 bits per heavy atom. The number of esters is 1. The Hall–Kier alpha value is -3.66. The van der Waals surface area contributed by atoms with Crippen molar-refractivity contribution in [1.29, 1.82) is 0 Å². The zero-order valence-corrected chi connectivity index (χ0v) is 18.0. The molecule has 0 spiro atoms. The molecule has 0 aromatic heterocycles. The van der Waals surface area contributed by atoms with Crippen LogP contribution in [0.15, 0.2) is 89.6 Å². The van der Waals surface area contributed by atoms with Crippen LogP contribution in [-0.4, -0.2) is 11.9 Å². The van der Waals surface area contributed by atoms with Crippen molar-refractivity contribution in [3.8, 4) is 5.75 Å². The standard InChI is InChI=1S/C27H25NO3/c1-27(2,3)22-15-13-20(14-16-22)25-28-23(26(29)31-25)17-21-11-7-8-12-24(21)30-18-19-9-5-4-6-10-19/h4-17H,18H2,1-3H3/b23-17+. The highest BCUT2D eigenvalue weighted by atomic mass is 16.6. The van der Waals surface area contributed by atoms with Gasteiger partial charge in [-0.1, -0.05) is 81.4 Å².